The minimum absolute atomic E-state index is 0.120. The van der Waals surface area contributed by atoms with E-state index in [1.54, 1.807) is 0 Å². The van der Waals surface area contributed by atoms with E-state index >= 15 is 0 Å². The third-order valence-corrected chi connectivity index (χ3v) is 2.63. The maximum atomic E-state index is 8.99. The van der Waals surface area contributed by atoms with E-state index in [4.69, 9.17) is 5.11 Å². The molecule has 0 unspecified atom stereocenters. The van der Waals surface area contributed by atoms with Crippen molar-refractivity contribution in [2.75, 3.05) is 37.0 Å². The Kier molecular flexibility index (Phi) is 5.85. The van der Waals surface area contributed by atoms with E-state index in [0.29, 0.717) is 6.54 Å². The second-order valence-corrected chi connectivity index (χ2v) is 4.70. The summed E-state index contributed by atoms with van der Waals surface area (Å²) in [6.07, 6.45) is 1.06. The molecule has 0 aromatic carbocycles. The largest absolute Gasteiger partial charge is 0.395 e. The van der Waals surface area contributed by atoms with Crippen LogP contribution in [0.3, 0.4) is 0 Å². The maximum Gasteiger partial charge on any atom is 0.135 e. The topological polar surface area (TPSA) is 61.3 Å². The average molecular weight is 252 g/mol. The van der Waals surface area contributed by atoms with Gasteiger partial charge in [0.05, 0.1) is 6.61 Å². The van der Waals surface area contributed by atoms with Gasteiger partial charge in [-0.25, -0.2) is 9.97 Å². The van der Waals surface area contributed by atoms with E-state index in [-0.39, 0.29) is 12.5 Å². The van der Waals surface area contributed by atoms with Gasteiger partial charge in [-0.05, 0) is 6.42 Å². The molecule has 0 aliphatic heterocycles. The molecule has 18 heavy (non-hydrogen) atoms. The van der Waals surface area contributed by atoms with Crippen molar-refractivity contribution < 1.29 is 5.11 Å². The number of nitrogens with zero attached hydrogens (tertiary/aromatic N) is 3. The molecule has 0 bridgehead atoms. The molecule has 5 nitrogen and oxygen atoms in total. The molecule has 2 N–H and O–H groups in total. The molecule has 0 saturated carbocycles. The van der Waals surface area contributed by atoms with Crippen LogP contribution in [0, 0.1) is 0 Å². The Morgan fingerprint density at radius 2 is 2.11 bits per heavy atom. The van der Waals surface area contributed by atoms with Crippen LogP contribution >= 0.6 is 0 Å². The van der Waals surface area contributed by atoms with Crippen LogP contribution in [-0.2, 0) is 0 Å². The van der Waals surface area contributed by atoms with Gasteiger partial charge >= 0.3 is 0 Å². The van der Waals surface area contributed by atoms with Gasteiger partial charge in [0.1, 0.15) is 17.5 Å². The van der Waals surface area contributed by atoms with E-state index in [1.807, 2.05) is 18.0 Å². The number of likely N-dealkylation sites (N-methyl/N-ethyl adjacent to an activating group) is 1. The van der Waals surface area contributed by atoms with Gasteiger partial charge < -0.3 is 15.3 Å². The first-order chi connectivity index (χ1) is 8.58. The van der Waals surface area contributed by atoms with E-state index in [0.717, 1.165) is 30.4 Å². The highest BCUT2D eigenvalue weighted by atomic mass is 16.3. The molecule has 0 aliphatic carbocycles. The van der Waals surface area contributed by atoms with Gasteiger partial charge in [-0.15, -0.1) is 0 Å². The quantitative estimate of drug-likeness (QED) is 0.775. The van der Waals surface area contributed by atoms with Crippen LogP contribution in [0.5, 0.6) is 0 Å². The van der Waals surface area contributed by atoms with Crippen molar-refractivity contribution in [3.8, 4) is 0 Å². The molecule has 1 rings (SSSR count). The van der Waals surface area contributed by atoms with Crippen molar-refractivity contribution in [3.63, 3.8) is 0 Å². The van der Waals surface area contributed by atoms with Crippen molar-refractivity contribution in [2.24, 2.45) is 0 Å². The highest BCUT2D eigenvalue weighted by molar-refractivity contribution is 5.49. The summed E-state index contributed by atoms with van der Waals surface area (Å²) >= 11 is 0. The lowest BCUT2D eigenvalue weighted by Gasteiger charge is -2.19. The second-order valence-electron chi connectivity index (χ2n) is 4.70. The van der Waals surface area contributed by atoms with Crippen LogP contribution in [0.15, 0.2) is 6.07 Å². The van der Waals surface area contributed by atoms with Crippen LogP contribution in [0.1, 0.15) is 38.9 Å². The first-order valence-corrected chi connectivity index (χ1v) is 6.53. The Morgan fingerprint density at radius 3 is 2.67 bits per heavy atom. The summed E-state index contributed by atoms with van der Waals surface area (Å²) in [4.78, 5) is 11.0. The fourth-order valence-corrected chi connectivity index (χ4v) is 1.51. The summed E-state index contributed by atoms with van der Waals surface area (Å²) in [6, 6.07) is 1.93. The summed E-state index contributed by atoms with van der Waals surface area (Å²) < 4.78 is 0. The summed E-state index contributed by atoms with van der Waals surface area (Å²) in [5.74, 6) is 2.82. The third-order valence-electron chi connectivity index (χ3n) is 2.63. The summed E-state index contributed by atoms with van der Waals surface area (Å²) in [6.45, 7) is 7.87. The second kappa shape index (κ2) is 7.16. The Bertz CT molecular complexity index is 368. The predicted molar refractivity (Wildman–Crippen MR) is 75.3 cm³/mol. The fourth-order valence-electron chi connectivity index (χ4n) is 1.51. The Morgan fingerprint density at radius 1 is 1.39 bits per heavy atom. The van der Waals surface area contributed by atoms with E-state index in [2.05, 4.69) is 36.1 Å². The van der Waals surface area contributed by atoms with Crippen LogP contribution < -0.4 is 10.2 Å². The monoisotopic (exact) mass is 252 g/mol. The molecule has 0 radical (unpaired) electrons. The minimum atomic E-state index is 0.120. The number of aromatic nitrogens is 2. The summed E-state index contributed by atoms with van der Waals surface area (Å²) in [5.41, 5.74) is 0. The lowest BCUT2D eigenvalue weighted by atomic mass is 10.2. The van der Waals surface area contributed by atoms with E-state index in [1.165, 1.54) is 0 Å². The highest BCUT2D eigenvalue weighted by Crippen LogP contribution is 2.19. The number of aliphatic hydroxyl groups excluding tert-OH is 1. The smallest absolute Gasteiger partial charge is 0.135 e. The molecule has 5 heteroatoms. The zero-order valence-electron chi connectivity index (χ0n) is 11.8. The zero-order valence-corrected chi connectivity index (χ0v) is 11.8. The van der Waals surface area contributed by atoms with Gasteiger partial charge in [0.15, 0.2) is 0 Å². The Balaban J connectivity index is 2.97. The molecule has 102 valence electrons. The number of hydrogen-bond acceptors (Lipinski definition) is 5. The van der Waals surface area contributed by atoms with Crippen molar-refractivity contribution in [2.45, 2.75) is 33.1 Å². The highest BCUT2D eigenvalue weighted by Gasteiger charge is 2.10. The molecule has 0 atom stereocenters. The average Bonchev–Trinajstić information content (AvgIpc) is 2.36. The molecule has 0 fully saturated rings. The first-order valence-electron chi connectivity index (χ1n) is 6.53. The van der Waals surface area contributed by atoms with Crippen LogP contribution in [0.4, 0.5) is 11.6 Å². The van der Waals surface area contributed by atoms with Crippen molar-refractivity contribution >= 4 is 11.6 Å². The van der Waals surface area contributed by atoms with Crippen LogP contribution in [-0.4, -0.2) is 41.8 Å². The van der Waals surface area contributed by atoms with Gasteiger partial charge in [0.2, 0.25) is 0 Å². The number of hydrogen-bond donors (Lipinski definition) is 2. The molecule has 1 heterocycles. The SMILES string of the molecule is CCCNc1cc(N(C)CCO)nc(C(C)C)n1. The van der Waals surface area contributed by atoms with E-state index in [9.17, 15) is 0 Å². The number of nitrogens with one attached hydrogen (secondary N) is 1. The summed E-state index contributed by atoms with van der Waals surface area (Å²) in [5, 5.41) is 12.3. The maximum absolute atomic E-state index is 8.99. The summed E-state index contributed by atoms with van der Waals surface area (Å²) in [7, 11) is 1.92. The fraction of sp³-hybridized carbons (Fsp3) is 0.692. The predicted octanol–water partition coefficient (Wildman–Crippen LogP) is 1.85. The number of rotatable bonds is 7. The first kappa shape index (κ1) is 14.7. The van der Waals surface area contributed by atoms with E-state index < -0.39 is 0 Å². The van der Waals surface area contributed by atoms with Gasteiger partial charge in [0.25, 0.3) is 0 Å². The third kappa shape index (κ3) is 4.14. The standard InChI is InChI=1S/C13H24N4O/c1-5-6-14-11-9-12(17(4)7-8-18)16-13(15-11)10(2)3/h9-10,18H,5-8H2,1-4H3,(H,14,15,16). The molecular weight excluding hydrogens is 228 g/mol. The molecule has 0 amide bonds. The van der Waals surface area contributed by atoms with Crippen molar-refractivity contribution in [1.29, 1.82) is 0 Å². The Hall–Kier alpha value is -1.36. The van der Waals surface area contributed by atoms with Crippen LogP contribution in [0.2, 0.25) is 0 Å². The lowest BCUT2D eigenvalue weighted by Crippen LogP contribution is -2.23. The minimum Gasteiger partial charge on any atom is -0.395 e. The van der Waals surface area contributed by atoms with Gasteiger partial charge in [0, 0.05) is 32.1 Å². The molecule has 0 saturated heterocycles. The number of aliphatic hydroxyl groups is 1. The molecule has 0 aliphatic rings. The molecular formula is C13H24N4O. The van der Waals surface area contributed by atoms with Crippen LogP contribution in [0.25, 0.3) is 0 Å². The normalized spacial score (nSPS) is 10.8. The Labute approximate surface area is 109 Å². The molecule has 1 aromatic heterocycles. The molecule has 1 aromatic rings. The van der Waals surface area contributed by atoms with Gasteiger partial charge in [-0.3, -0.25) is 0 Å². The number of anilines is 2. The van der Waals surface area contributed by atoms with Gasteiger partial charge in [-0.1, -0.05) is 20.8 Å². The molecule has 0 spiro atoms. The van der Waals surface area contributed by atoms with Gasteiger partial charge in [-0.2, -0.15) is 0 Å². The van der Waals surface area contributed by atoms with Crippen molar-refractivity contribution in [1.82, 2.24) is 9.97 Å². The van der Waals surface area contributed by atoms with Crippen molar-refractivity contribution in [3.05, 3.63) is 11.9 Å². The zero-order chi connectivity index (χ0) is 13.5. The lowest BCUT2D eigenvalue weighted by molar-refractivity contribution is 0.304.